The van der Waals surface area contributed by atoms with Crippen LogP contribution >= 0.6 is 12.2 Å². The highest BCUT2D eigenvalue weighted by Gasteiger charge is 2.09. The molecule has 0 aliphatic rings. The van der Waals surface area contributed by atoms with Gasteiger partial charge in [-0.15, -0.1) is 0 Å². The molecule has 0 aliphatic carbocycles. The van der Waals surface area contributed by atoms with Gasteiger partial charge in [-0.1, -0.05) is 6.07 Å². The molecule has 11 heteroatoms. The van der Waals surface area contributed by atoms with Crippen LogP contribution in [0.5, 0.6) is 0 Å². The number of anilines is 2. The fourth-order valence-corrected chi connectivity index (χ4v) is 3.08. The second kappa shape index (κ2) is 6.83. The topological polar surface area (TPSA) is 144 Å². The molecule has 0 radical (unpaired) electrons. The van der Waals surface area contributed by atoms with Crippen molar-refractivity contribution in [1.29, 1.82) is 0 Å². The molecular weight excluding hydrogens is 372 g/mol. The van der Waals surface area contributed by atoms with Gasteiger partial charge in [0.25, 0.3) is 0 Å². The first-order chi connectivity index (χ1) is 11.1. The van der Waals surface area contributed by atoms with Crippen LogP contribution in [0.2, 0.25) is 0 Å². The third kappa shape index (κ3) is 4.97. The molecule has 2 aromatic rings. The molecule has 0 unspecified atom stereocenters. The predicted octanol–water partition coefficient (Wildman–Crippen LogP) is 0.790. The van der Waals surface area contributed by atoms with Crippen molar-refractivity contribution >= 4 is 48.8 Å². The Hall–Kier alpha value is -2.05. The van der Waals surface area contributed by atoms with Crippen molar-refractivity contribution in [2.24, 2.45) is 10.3 Å². The van der Waals surface area contributed by atoms with E-state index in [2.05, 4.69) is 10.6 Å². The van der Waals surface area contributed by atoms with Crippen molar-refractivity contribution in [3.8, 4) is 0 Å². The van der Waals surface area contributed by atoms with Crippen LogP contribution in [0.15, 0.2) is 58.3 Å². The summed E-state index contributed by atoms with van der Waals surface area (Å²) in [5, 5.41) is 15.9. The van der Waals surface area contributed by atoms with Gasteiger partial charge in [0.15, 0.2) is 5.11 Å². The Kier molecular flexibility index (Phi) is 5.20. The number of hydrogen-bond donors (Lipinski definition) is 4. The van der Waals surface area contributed by atoms with Crippen LogP contribution in [0.4, 0.5) is 11.4 Å². The molecule has 6 N–H and O–H groups in total. The lowest BCUT2D eigenvalue weighted by Crippen LogP contribution is -2.20. The maximum Gasteiger partial charge on any atom is 0.238 e. The first kappa shape index (κ1) is 18.3. The number of rotatable bonds is 4. The van der Waals surface area contributed by atoms with Gasteiger partial charge in [0.05, 0.1) is 9.79 Å². The van der Waals surface area contributed by atoms with Crippen molar-refractivity contribution in [2.45, 2.75) is 9.79 Å². The van der Waals surface area contributed by atoms with Gasteiger partial charge in [0.1, 0.15) is 0 Å². The molecule has 24 heavy (non-hydrogen) atoms. The van der Waals surface area contributed by atoms with Gasteiger partial charge in [-0.2, -0.15) is 0 Å². The van der Waals surface area contributed by atoms with E-state index in [0.29, 0.717) is 11.4 Å². The van der Waals surface area contributed by atoms with Gasteiger partial charge in [0.2, 0.25) is 20.0 Å². The maximum atomic E-state index is 11.3. The highest BCUT2D eigenvalue weighted by atomic mass is 32.2. The lowest BCUT2D eigenvalue weighted by molar-refractivity contribution is 0.596. The van der Waals surface area contributed by atoms with Crippen LogP contribution in [0.25, 0.3) is 0 Å². The maximum absolute atomic E-state index is 11.3. The van der Waals surface area contributed by atoms with Crippen LogP contribution in [0.1, 0.15) is 0 Å². The average Bonchev–Trinajstić information content (AvgIpc) is 2.46. The molecule has 0 saturated heterocycles. The highest BCUT2D eigenvalue weighted by Crippen LogP contribution is 2.16. The fourth-order valence-electron chi connectivity index (χ4n) is 1.77. The lowest BCUT2D eigenvalue weighted by Gasteiger charge is -2.11. The zero-order valence-electron chi connectivity index (χ0n) is 12.1. The van der Waals surface area contributed by atoms with E-state index in [1.807, 2.05) is 0 Å². The number of primary sulfonamides is 2. The van der Waals surface area contributed by atoms with Gasteiger partial charge in [-0.05, 0) is 54.7 Å². The minimum absolute atomic E-state index is 0.0206. The molecule has 2 aromatic carbocycles. The molecular formula is C13H14N4O4S3. The van der Waals surface area contributed by atoms with Crippen LogP contribution in [0.3, 0.4) is 0 Å². The summed E-state index contributed by atoms with van der Waals surface area (Å²) in [5.74, 6) is 0. The molecule has 0 atom stereocenters. The SMILES string of the molecule is NS(=O)(=O)c1ccc(NC(=S)Nc2cccc(S(N)(=O)=O)c2)cc1. The molecule has 0 amide bonds. The van der Waals surface area contributed by atoms with Crippen molar-refractivity contribution < 1.29 is 16.8 Å². The van der Waals surface area contributed by atoms with Crippen molar-refractivity contribution in [3.63, 3.8) is 0 Å². The molecule has 0 fully saturated rings. The van der Waals surface area contributed by atoms with Gasteiger partial charge in [0, 0.05) is 11.4 Å². The summed E-state index contributed by atoms with van der Waals surface area (Å²) in [5.41, 5.74) is 0.961. The molecule has 0 bridgehead atoms. The Labute approximate surface area is 145 Å². The van der Waals surface area contributed by atoms with Crippen molar-refractivity contribution in [1.82, 2.24) is 0 Å². The Bertz CT molecular complexity index is 971. The number of hydrogen-bond acceptors (Lipinski definition) is 5. The second-order valence-corrected chi connectivity index (χ2v) is 8.25. The molecule has 0 saturated carbocycles. The molecule has 0 aliphatic heterocycles. The summed E-state index contributed by atoms with van der Waals surface area (Å²) in [6.45, 7) is 0. The quantitative estimate of drug-likeness (QED) is 0.569. The van der Waals surface area contributed by atoms with Gasteiger partial charge >= 0.3 is 0 Å². The lowest BCUT2D eigenvalue weighted by atomic mass is 10.3. The van der Waals surface area contributed by atoms with Crippen LogP contribution in [-0.4, -0.2) is 21.9 Å². The zero-order valence-corrected chi connectivity index (χ0v) is 14.6. The fraction of sp³-hybridized carbons (Fsp3) is 0. The van der Waals surface area contributed by atoms with Crippen molar-refractivity contribution in [2.75, 3.05) is 10.6 Å². The molecule has 2 rings (SSSR count). The average molecular weight is 386 g/mol. The number of sulfonamides is 2. The summed E-state index contributed by atoms with van der Waals surface area (Å²) in [7, 11) is -7.57. The standard InChI is InChI=1S/C13H14N4O4S3/c14-23(18,19)11-6-4-9(5-7-11)16-13(22)17-10-2-1-3-12(8-10)24(15,20)21/h1-8H,(H2,14,18,19)(H2,15,20,21)(H2,16,17,22). The molecule has 0 spiro atoms. The second-order valence-electron chi connectivity index (χ2n) is 4.72. The summed E-state index contributed by atoms with van der Waals surface area (Å²) in [4.78, 5) is -0.0689. The third-order valence-electron chi connectivity index (χ3n) is 2.86. The first-order valence-electron chi connectivity index (χ1n) is 6.39. The summed E-state index contributed by atoms with van der Waals surface area (Å²) < 4.78 is 45.0. The van der Waals surface area contributed by atoms with E-state index in [4.69, 9.17) is 22.5 Å². The highest BCUT2D eigenvalue weighted by molar-refractivity contribution is 7.89. The zero-order chi connectivity index (χ0) is 18.0. The molecule has 0 heterocycles. The number of thiocarbonyl (C=S) groups is 1. The van der Waals surface area contributed by atoms with Gasteiger partial charge < -0.3 is 10.6 Å². The Morgan fingerprint density at radius 2 is 1.33 bits per heavy atom. The van der Waals surface area contributed by atoms with E-state index in [-0.39, 0.29) is 14.9 Å². The van der Waals surface area contributed by atoms with E-state index < -0.39 is 20.0 Å². The first-order valence-corrected chi connectivity index (χ1v) is 9.89. The van der Waals surface area contributed by atoms with Crippen molar-refractivity contribution in [3.05, 3.63) is 48.5 Å². The third-order valence-corrected chi connectivity index (χ3v) is 4.91. The van der Waals surface area contributed by atoms with E-state index in [9.17, 15) is 16.8 Å². The smallest absolute Gasteiger partial charge is 0.238 e. The summed E-state index contributed by atoms with van der Waals surface area (Å²) in [6.07, 6.45) is 0. The van der Waals surface area contributed by atoms with E-state index in [1.165, 1.54) is 42.5 Å². The number of nitrogens with one attached hydrogen (secondary N) is 2. The minimum Gasteiger partial charge on any atom is -0.332 e. The number of nitrogens with two attached hydrogens (primary N) is 2. The van der Waals surface area contributed by atoms with Gasteiger partial charge in [-0.3, -0.25) is 0 Å². The predicted molar refractivity (Wildman–Crippen MR) is 95.5 cm³/mol. The summed E-state index contributed by atoms with van der Waals surface area (Å²) >= 11 is 5.12. The summed E-state index contributed by atoms with van der Waals surface area (Å²) in [6, 6.07) is 11.5. The molecule has 8 nitrogen and oxygen atoms in total. The number of benzene rings is 2. The molecule has 128 valence electrons. The van der Waals surface area contributed by atoms with Gasteiger partial charge in [-0.25, -0.2) is 27.1 Å². The monoisotopic (exact) mass is 386 g/mol. The van der Waals surface area contributed by atoms with Crippen LogP contribution in [-0.2, 0) is 20.0 Å². The van der Waals surface area contributed by atoms with Crippen LogP contribution < -0.4 is 20.9 Å². The Morgan fingerprint density at radius 1 is 0.792 bits per heavy atom. The van der Waals surface area contributed by atoms with Crippen LogP contribution in [0, 0.1) is 0 Å². The Morgan fingerprint density at radius 3 is 1.88 bits per heavy atom. The minimum atomic E-state index is -3.81. The van der Waals surface area contributed by atoms with E-state index in [1.54, 1.807) is 6.07 Å². The van der Waals surface area contributed by atoms with E-state index in [0.717, 1.165) is 0 Å². The molecule has 0 aromatic heterocycles. The van der Waals surface area contributed by atoms with E-state index >= 15 is 0 Å². The largest absolute Gasteiger partial charge is 0.332 e. The Balaban J connectivity index is 2.09. The normalized spacial score (nSPS) is 11.8.